The Labute approximate surface area is 141 Å². The highest BCUT2D eigenvalue weighted by Crippen LogP contribution is 1.94. The third-order valence-corrected chi connectivity index (χ3v) is 3.29. The second-order valence-electron chi connectivity index (χ2n) is 5.86. The summed E-state index contributed by atoms with van der Waals surface area (Å²) >= 11 is 0. The standard InChI is InChI=1S/C17H36N2O4/c1-5-16(4)18-8-11-21-13-14-22-12-9-19-17(20)7-6-10-23-15(2)3/h15-16,18H,5-14H2,1-4H3,(H,19,20). The first-order chi connectivity index (χ1) is 11.1. The number of ether oxygens (including phenoxy) is 3. The SMILES string of the molecule is CCC(C)NCCOCCOCCNC(=O)CCCOC(C)C. The number of hydrogen-bond donors (Lipinski definition) is 2. The zero-order chi connectivity index (χ0) is 17.3. The van der Waals surface area contributed by atoms with Crippen molar-refractivity contribution in [2.24, 2.45) is 0 Å². The molecular formula is C17H36N2O4. The van der Waals surface area contributed by atoms with Crippen molar-refractivity contribution in [2.45, 2.75) is 59.1 Å². The fraction of sp³-hybridized carbons (Fsp3) is 0.941. The van der Waals surface area contributed by atoms with Crippen molar-refractivity contribution < 1.29 is 19.0 Å². The summed E-state index contributed by atoms with van der Waals surface area (Å²) in [4.78, 5) is 11.5. The molecule has 2 N–H and O–H groups in total. The number of hydrogen-bond acceptors (Lipinski definition) is 5. The molecule has 6 nitrogen and oxygen atoms in total. The fourth-order valence-electron chi connectivity index (χ4n) is 1.75. The van der Waals surface area contributed by atoms with E-state index in [1.54, 1.807) is 0 Å². The van der Waals surface area contributed by atoms with E-state index in [1.165, 1.54) is 0 Å². The molecule has 0 aliphatic heterocycles. The van der Waals surface area contributed by atoms with E-state index in [0.717, 1.165) is 19.4 Å². The summed E-state index contributed by atoms with van der Waals surface area (Å²) in [5, 5.41) is 6.19. The molecule has 0 bridgehead atoms. The predicted molar refractivity (Wildman–Crippen MR) is 92.7 cm³/mol. The molecular weight excluding hydrogens is 296 g/mol. The van der Waals surface area contributed by atoms with Gasteiger partial charge in [0.25, 0.3) is 0 Å². The third kappa shape index (κ3) is 17.5. The number of rotatable bonds is 16. The maximum absolute atomic E-state index is 11.5. The number of nitrogens with one attached hydrogen (secondary N) is 2. The maximum Gasteiger partial charge on any atom is 0.220 e. The van der Waals surface area contributed by atoms with E-state index < -0.39 is 0 Å². The molecule has 0 saturated heterocycles. The van der Waals surface area contributed by atoms with Crippen molar-refractivity contribution >= 4 is 5.91 Å². The van der Waals surface area contributed by atoms with E-state index in [0.29, 0.717) is 52.0 Å². The van der Waals surface area contributed by atoms with Crippen LogP contribution in [0.5, 0.6) is 0 Å². The zero-order valence-electron chi connectivity index (χ0n) is 15.4. The second-order valence-corrected chi connectivity index (χ2v) is 5.86. The van der Waals surface area contributed by atoms with Gasteiger partial charge in [-0.25, -0.2) is 0 Å². The molecule has 1 unspecified atom stereocenters. The van der Waals surface area contributed by atoms with Crippen molar-refractivity contribution in [3.05, 3.63) is 0 Å². The highest BCUT2D eigenvalue weighted by Gasteiger charge is 2.01. The van der Waals surface area contributed by atoms with Gasteiger partial charge in [0.1, 0.15) is 0 Å². The lowest BCUT2D eigenvalue weighted by Crippen LogP contribution is -2.29. The Kier molecular flexibility index (Phi) is 15.7. The molecule has 23 heavy (non-hydrogen) atoms. The van der Waals surface area contributed by atoms with Gasteiger partial charge in [-0.2, -0.15) is 0 Å². The summed E-state index contributed by atoms with van der Waals surface area (Å²) in [6, 6.07) is 0.537. The topological polar surface area (TPSA) is 68.8 Å². The molecule has 0 aliphatic carbocycles. The van der Waals surface area contributed by atoms with Gasteiger partial charge in [-0.3, -0.25) is 4.79 Å². The first-order valence-corrected chi connectivity index (χ1v) is 8.83. The number of carbonyl (C=O) groups excluding carboxylic acids is 1. The number of carbonyl (C=O) groups is 1. The van der Waals surface area contributed by atoms with Crippen LogP contribution < -0.4 is 10.6 Å². The molecule has 0 aliphatic rings. The van der Waals surface area contributed by atoms with Crippen LogP contribution in [0.1, 0.15) is 47.0 Å². The highest BCUT2D eigenvalue weighted by molar-refractivity contribution is 5.75. The molecule has 1 amide bonds. The summed E-state index contributed by atoms with van der Waals surface area (Å²) in [6.45, 7) is 12.7. The number of amides is 1. The monoisotopic (exact) mass is 332 g/mol. The van der Waals surface area contributed by atoms with Gasteiger partial charge in [0.15, 0.2) is 0 Å². The summed E-state index contributed by atoms with van der Waals surface area (Å²) < 4.78 is 16.2. The minimum atomic E-state index is 0.0494. The van der Waals surface area contributed by atoms with Crippen molar-refractivity contribution in [3.63, 3.8) is 0 Å². The van der Waals surface area contributed by atoms with Crippen LogP contribution in [0.2, 0.25) is 0 Å². The van der Waals surface area contributed by atoms with Crippen molar-refractivity contribution in [1.29, 1.82) is 0 Å². The van der Waals surface area contributed by atoms with Gasteiger partial charge < -0.3 is 24.8 Å². The van der Waals surface area contributed by atoms with Gasteiger partial charge in [-0.05, 0) is 33.6 Å². The lowest BCUT2D eigenvalue weighted by molar-refractivity contribution is -0.121. The van der Waals surface area contributed by atoms with Crippen LogP contribution >= 0.6 is 0 Å². The van der Waals surface area contributed by atoms with Crippen molar-refractivity contribution in [1.82, 2.24) is 10.6 Å². The van der Waals surface area contributed by atoms with E-state index in [1.807, 2.05) is 13.8 Å². The largest absolute Gasteiger partial charge is 0.379 e. The fourth-order valence-corrected chi connectivity index (χ4v) is 1.75. The van der Waals surface area contributed by atoms with Crippen LogP contribution in [0, 0.1) is 0 Å². The Bertz CT molecular complexity index is 275. The average molecular weight is 332 g/mol. The zero-order valence-corrected chi connectivity index (χ0v) is 15.4. The average Bonchev–Trinajstić information content (AvgIpc) is 2.52. The first kappa shape index (κ1) is 22.3. The van der Waals surface area contributed by atoms with Gasteiger partial charge in [0.2, 0.25) is 5.91 Å². The predicted octanol–water partition coefficient (Wildman–Crippen LogP) is 1.73. The van der Waals surface area contributed by atoms with Crippen LogP contribution in [0.15, 0.2) is 0 Å². The Morgan fingerprint density at radius 1 is 0.957 bits per heavy atom. The Hall–Kier alpha value is -0.690. The molecule has 0 saturated carbocycles. The van der Waals surface area contributed by atoms with Crippen LogP contribution in [0.25, 0.3) is 0 Å². The van der Waals surface area contributed by atoms with E-state index in [2.05, 4.69) is 24.5 Å². The summed E-state index contributed by atoms with van der Waals surface area (Å²) in [5.41, 5.74) is 0. The molecule has 1 atom stereocenters. The highest BCUT2D eigenvalue weighted by atomic mass is 16.5. The molecule has 0 aromatic carbocycles. The molecule has 138 valence electrons. The molecule has 0 aromatic rings. The van der Waals surface area contributed by atoms with Crippen molar-refractivity contribution in [2.75, 3.05) is 46.1 Å². The second kappa shape index (κ2) is 16.2. The van der Waals surface area contributed by atoms with Crippen LogP contribution in [-0.4, -0.2) is 64.2 Å². The first-order valence-electron chi connectivity index (χ1n) is 8.83. The normalized spacial score (nSPS) is 12.6. The molecule has 6 heteroatoms. The molecule has 0 fully saturated rings. The summed E-state index contributed by atoms with van der Waals surface area (Å²) in [6.07, 6.45) is 2.60. The Balaban J connectivity index is 3.19. The van der Waals surface area contributed by atoms with Crippen molar-refractivity contribution in [3.8, 4) is 0 Å². The smallest absolute Gasteiger partial charge is 0.220 e. The minimum absolute atomic E-state index is 0.0494. The maximum atomic E-state index is 11.5. The van der Waals surface area contributed by atoms with E-state index in [9.17, 15) is 4.79 Å². The molecule has 0 aromatic heterocycles. The van der Waals surface area contributed by atoms with Crippen LogP contribution in [-0.2, 0) is 19.0 Å². The lowest BCUT2D eigenvalue weighted by Gasteiger charge is -2.11. The molecule has 0 radical (unpaired) electrons. The van der Waals surface area contributed by atoms with Crippen LogP contribution in [0.4, 0.5) is 0 Å². The van der Waals surface area contributed by atoms with Crippen LogP contribution in [0.3, 0.4) is 0 Å². The van der Waals surface area contributed by atoms with E-state index in [-0.39, 0.29) is 12.0 Å². The molecule has 0 heterocycles. The minimum Gasteiger partial charge on any atom is -0.379 e. The summed E-state index contributed by atoms with van der Waals surface area (Å²) in [5.74, 6) is 0.0494. The van der Waals surface area contributed by atoms with E-state index >= 15 is 0 Å². The Morgan fingerprint density at radius 3 is 2.22 bits per heavy atom. The van der Waals surface area contributed by atoms with Gasteiger partial charge in [0, 0.05) is 32.2 Å². The van der Waals surface area contributed by atoms with Gasteiger partial charge >= 0.3 is 0 Å². The molecule has 0 spiro atoms. The Morgan fingerprint density at radius 2 is 1.61 bits per heavy atom. The lowest BCUT2D eigenvalue weighted by atomic mass is 10.3. The van der Waals surface area contributed by atoms with Gasteiger partial charge in [0.05, 0.1) is 32.5 Å². The molecule has 0 rings (SSSR count). The quantitative estimate of drug-likeness (QED) is 0.421. The summed E-state index contributed by atoms with van der Waals surface area (Å²) in [7, 11) is 0. The van der Waals surface area contributed by atoms with Gasteiger partial charge in [-0.1, -0.05) is 6.92 Å². The van der Waals surface area contributed by atoms with Gasteiger partial charge in [-0.15, -0.1) is 0 Å². The van der Waals surface area contributed by atoms with E-state index in [4.69, 9.17) is 14.2 Å². The third-order valence-electron chi connectivity index (χ3n) is 3.29.